The summed E-state index contributed by atoms with van der Waals surface area (Å²) < 4.78 is 17.8. The van der Waals surface area contributed by atoms with Crippen molar-refractivity contribution >= 4 is 88.5 Å². The number of primary amides is 1. The maximum atomic E-state index is 14.8. The number of nitrogens with one attached hydrogen (secondary N) is 4. The van der Waals surface area contributed by atoms with E-state index in [1.54, 1.807) is 84.7 Å². The van der Waals surface area contributed by atoms with Gasteiger partial charge in [-0.3, -0.25) is 57.7 Å². The molecular weight excluding hydrogens is 1300 g/mol. The van der Waals surface area contributed by atoms with Gasteiger partial charge in [0.15, 0.2) is 5.78 Å². The monoisotopic (exact) mass is 1420 g/mol. The summed E-state index contributed by atoms with van der Waals surface area (Å²) >= 11 is 1.48. The van der Waals surface area contributed by atoms with E-state index in [1.165, 1.54) is 47.7 Å². The summed E-state index contributed by atoms with van der Waals surface area (Å²) in [6.45, 7) is 20.9. The lowest BCUT2D eigenvalue weighted by atomic mass is 9.85. The smallest absolute Gasteiger partial charge is 0.410 e. The number of nitrogens with two attached hydrogens (primary N) is 1. The van der Waals surface area contributed by atoms with Gasteiger partial charge in [-0.05, 0) is 97.1 Å². The fourth-order valence-corrected chi connectivity index (χ4v) is 14.4. The number of carboxylic acid groups (broad SMARTS) is 1. The van der Waals surface area contributed by atoms with Gasteiger partial charge in [-0.25, -0.2) is 9.59 Å². The van der Waals surface area contributed by atoms with Gasteiger partial charge in [0, 0.05) is 91.2 Å². The molecule has 26 heteroatoms. The minimum absolute atomic E-state index is 0. The summed E-state index contributed by atoms with van der Waals surface area (Å²) in [5.41, 5.74) is 6.99. The average Bonchev–Trinajstić information content (AvgIpc) is 1.31. The Balaban J connectivity index is 0.0000260. The first kappa shape index (κ1) is 86.8. The highest BCUT2D eigenvalue weighted by Crippen LogP contribution is 2.33. The van der Waals surface area contributed by atoms with Crippen LogP contribution in [0.25, 0.3) is 0 Å². The number of rotatable bonds is 43. The van der Waals surface area contributed by atoms with Crippen LogP contribution in [0.1, 0.15) is 178 Å². The Bertz CT molecular complexity index is 3020. The molecule has 4 rings (SSSR count). The second-order valence-electron chi connectivity index (χ2n) is 27.9. The molecule has 100 heavy (non-hydrogen) atoms. The standard InChI is InChI=1S/C73H113N9O16S.CH4/c1-16-47(10)65(57(96-14)40-60(86)81-36-24-28-54(81)66(97-15)48(11)55(83)39-52(71(92)93)37-49-25-19-17-20-26-49)79(12)70(91)63(44(4)5)78-68(89)64(45(6)7)80(13)73(95)98-42-50-30-32-53(33-31-50)76-67(88)51(27-23-34-75-72(74)94)38-56(84)62(43(2)3)77-59(85)29-21-18-22-35-82-61(87)41-58(69(82)90)99-46(8)9;/h17,19-20,25-26,30-33,43-48,51-52,54,57-58,62-66H,16,18,21-24,27-29,34-42H2,1-15H3,(H,76,88)(H,77,85)(H,78,89)(H,92,93)(H3,74,75,94);1H4/t47-,48-,51+,52+,54-,57+,58?,62-,63-,64-,65?,66+;/m0./s1. The summed E-state index contributed by atoms with van der Waals surface area (Å²) in [5.74, 6) is -8.12. The molecule has 12 atom stereocenters. The number of hydrogen-bond donors (Lipinski definition) is 6. The van der Waals surface area contributed by atoms with Crippen LogP contribution in [0.4, 0.5) is 15.3 Å². The number of imide groups is 1. The average molecular weight is 1420 g/mol. The number of likely N-dealkylation sites (tertiary alicyclic amines) is 2. The number of urea groups is 1. The van der Waals surface area contributed by atoms with Crippen LogP contribution in [-0.2, 0) is 75.2 Å². The van der Waals surface area contributed by atoms with Gasteiger partial charge in [-0.2, -0.15) is 0 Å². The van der Waals surface area contributed by atoms with Gasteiger partial charge >= 0.3 is 18.1 Å². The maximum absolute atomic E-state index is 14.8. The molecule has 2 heterocycles. The van der Waals surface area contributed by atoms with E-state index in [1.807, 2.05) is 58.0 Å². The van der Waals surface area contributed by atoms with Gasteiger partial charge in [-0.15, -0.1) is 11.8 Å². The molecule has 25 nitrogen and oxygen atoms in total. The number of aliphatic carboxylic acids is 1. The van der Waals surface area contributed by atoms with Crippen LogP contribution in [0, 0.1) is 41.4 Å². The Kier molecular flexibility index (Phi) is 37.1. The lowest BCUT2D eigenvalue weighted by molar-refractivity contribution is -0.148. The minimum atomic E-state index is -1.09. The molecular formula is C74H117N9O16S. The van der Waals surface area contributed by atoms with Crippen molar-refractivity contribution in [2.75, 3.05) is 53.3 Å². The Morgan fingerprint density at radius 1 is 0.730 bits per heavy atom. The van der Waals surface area contributed by atoms with E-state index in [4.69, 9.17) is 19.9 Å². The number of ether oxygens (including phenoxy) is 3. The van der Waals surface area contributed by atoms with Gasteiger partial charge in [0.05, 0.1) is 47.9 Å². The molecule has 0 aliphatic carbocycles. The molecule has 2 saturated heterocycles. The second-order valence-corrected chi connectivity index (χ2v) is 29.7. The van der Waals surface area contributed by atoms with E-state index in [0.29, 0.717) is 62.7 Å². The van der Waals surface area contributed by atoms with Crippen LogP contribution < -0.4 is 27.0 Å². The van der Waals surface area contributed by atoms with Gasteiger partial charge in [0.1, 0.15) is 24.5 Å². The van der Waals surface area contributed by atoms with Crippen molar-refractivity contribution in [3.05, 3.63) is 65.7 Å². The molecule has 2 aliphatic rings. The maximum Gasteiger partial charge on any atom is 0.410 e. The first-order valence-electron chi connectivity index (χ1n) is 35.1. The molecule has 10 amide bonds. The molecule has 0 spiro atoms. The molecule has 2 unspecified atom stereocenters. The summed E-state index contributed by atoms with van der Waals surface area (Å²) in [6.07, 6.45) is 1.52. The number of carbonyl (C=O) groups excluding carboxylic acids is 11. The molecule has 2 aromatic rings. The zero-order valence-corrected chi connectivity index (χ0v) is 61.8. The molecule has 2 aliphatic heterocycles. The Morgan fingerprint density at radius 3 is 1.94 bits per heavy atom. The predicted octanol–water partition coefficient (Wildman–Crippen LogP) is 8.81. The van der Waals surface area contributed by atoms with Crippen LogP contribution in [-0.4, -0.2) is 197 Å². The number of unbranched alkanes of at least 4 members (excludes halogenated alkanes) is 2. The van der Waals surface area contributed by atoms with E-state index in [9.17, 15) is 62.6 Å². The van der Waals surface area contributed by atoms with E-state index in [0.717, 1.165) is 5.56 Å². The highest BCUT2D eigenvalue weighted by atomic mass is 32.2. The highest BCUT2D eigenvalue weighted by molar-refractivity contribution is 8.01. The third-order valence-corrected chi connectivity index (χ3v) is 20.2. The van der Waals surface area contributed by atoms with Gasteiger partial charge < -0.3 is 56.1 Å². The van der Waals surface area contributed by atoms with Crippen LogP contribution >= 0.6 is 11.8 Å². The number of Topliss-reactive ketones (excluding diaryl/α,β-unsaturated/α-hetero) is 2. The number of likely N-dealkylation sites (N-methyl/N-ethyl adjacent to an activating group) is 2. The van der Waals surface area contributed by atoms with Crippen molar-refractivity contribution in [2.24, 2.45) is 47.2 Å². The fourth-order valence-electron chi connectivity index (χ4n) is 13.3. The van der Waals surface area contributed by atoms with Crippen LogP contribution in [0.15, 0.2) is 54.6 Å². The summed E-state index contributed by atoms with van der Waals surface area (Å²) in [4.78, 5) is 167. The molecule has 7 N–H and O–H groups in total. The Hall–Kier alpha value is -7.45. The lowest BCUT2D eigenvalue weighted by Gasteiger charge is -2.41. The first-order valence-corrected chi connectivity index (χ1v) is 36.1. The molecule has 560 valence electrons. The van der Waals surface area contributed by atoms with Crippen molar-refractivity contribution in [1.29, 1.82) is 0 Å². The van der Waals surface area contributed by atoms with E-state index in [2.05, 4.69) is 21.3 Å². The van der Waals surface area contributed by atoms with Crippen LogP contribution in [0.3, 0.4) is 0 Å². The number of nitrogens with zero attached hydrogens (tertiary/aromatic N) is 4. The third kappa shape index (κ3) is 26.2. The number of benzene rings is 2. The Labute approximate surface area is 597 Å². The molecule has 0 saturated carbocycles. The summed E-state index contributed by atoms with van der Waals surface area (Å²) in [7, 11) is 6.03. The number of anilines is 1. The third-order valence-electron chi connectivity index (χ3n) is 19.0. The van der Waals surface area contributed by atoms with E-state index in [-0.39, 0.29) is 130 Å². The molecule has 2 aromatic carbocycles. The van der Waals surface area contributed by atoms with Crippen molar-refractivity contribution in [1.82, 2.24) is 35.6 Å². The number of carbonyl (C=O) groups is 12. The van der Waals surface area contributed by atoms with Crippen LogP contribution in [0.5, 0.6) is 0 Å². The normalized spacial score (nSPS) is 17.6. The number of amides is 10. The van der Waals surface area contributed by atoms with E-state index >= 15 is 0 Å². The number of methoxy groups -OCH3 is 2. The number of hydrogen-bond acceptors (Lipinski definition) is 16. The number of carboxylic acids is 1. The number of thioether (sulfide) groups is 1. The molecule has 0 bridgehead atoms. The van der Waals surface area contributed by atoms with Crippen molar-refractivity contribution in [3.63, 3.8) is 0 Å². The first-order chi connectivity index (χ1) is 46.8. The molecule has 2 fully saturated rings. The van der Waals surface area contributed by atoms with Crippen molar-refractivity contribution in [3.8, 4) is 0 Å². The fraction of sp³-hybridized carbons (Fsp3) is 0.676. The zero-order chi connectivity index (χ0) is 74.0. The predicted molar refractivity (Wildman–Crippen MR) is 385 cm³/mol. The lowest BCUT2D eigenvalue weighted by Crippen LogP contribution is -2.60. The van der Waals surface area contributed by atoms with Crippen molar-refractivity contribution < 1.29 is 76.9 Å². The minimum Gasteiger partial charge on any atom is -0.481 e. The van der Waals surface area contributed by atoms with E-state index < -0.39 is 108 Å². The number of ketones is 2. The van der Waals surface area contributed by atoms with Crippen molar-refractivity contribution in [2.45, 2.75) is 233 Å². The van der Waals surface area contributed by atoms with Gasteiger partial charge in [0.2, 0.25) is 41.4 Å². The zero-order valence-electron chi connectivity index (χ0n) is 61.0. The van der Waals surface area contributed by atoms with Crippen LogP contribution in [0.2, 0.25) is 0 Å². The quantitative estimate of drug-likeness (QED) is 0.0267. The highest BCUT2D eigenvalue weighted by Gasteiger charge is 2.45. The molecule has 0 radical (unpaired) electrons. The Morgan fingerprint density at radius 2 is 1.37 bits per heavy atom. The molecule has 0 aromatic heterocycles. The summed E-state index contributed by atoms with van der Waals surface area (Å²) in [5, 5.41) is 21.1. The topological polar surface area (TPSA) is 340 Å². The largest absolute Gasteiger partial charge is 0.481 e. The summed E-state index contributed by atoms with van der Waals surface area (Å²) in [6, 6.07) is 10.7. The van der Waals surface area contributed by atoms with Gasteiger partial charge in [0.25, 0.3) is 0 Å². The SMILES string of the molecule is C.CC[C@H](C)C([C@@H](CC(=O)N1CCC[C@H]1[C@H](OC)[C@@H](C)C(=O)C[C@@H](Cc1ccccc1)C(=O)O)OC)N(C)C(=O)[C@@H](NC(=O)[C@H](C(C)C)N(C)C(=O)OCc1ccc(NC(=O)[C@H](CCCNC(N)=O)CC(=O)[C@@H](NC(=O)CCCCCN2C(=O)CC(SC(C)C)C2=O)C(C)C)cc1)C(C)C. The van der Waals surface area contributed by atoms with Gasteiger partial charge in [-0.1, -0.05) is 139 Å². The second kappa shape index (κ2) is 42.7.